The fraction of sp³-hybridized carbons (Fsp3) is 0.417. The Kier molecular flexibility index (Phi) is 22.0. The van der Waals surface area contributed by atoms with Crippen LogP contribution in [0.2, 0.25) is 0 Å². The largest absolute Gasteiger partial charge is 0.0990 e. The van der Waals surface area contributed by atoms with Crippen LogP contribution in [0.1, 0.15) is 70.2 Å². The molecule has 0 atom stereocenters. The molecule has 0 radical (unpaired) electrons. The minimum absolute atomic E-state index is 0. The molecule has 0 saturated carbocycles. The van der Waals surface area contributed by atoms with E-state index >= 15 is 0 Å². The Labute approximate surface area is 153 Å². The van der Waals surface area contributed by atoms with Crippen LogP contribution in [0.25, 0.3) is 0 Å². The minimum atomic E-state index is 0. The molecular formula is C24H42. The maximum Gasteiger partial charge on any atom is -0.0228 e. The summed E-state index contributed by atoms with van der Waals surface area (Å²) in [6.07, 6.45) is 12.3. The van der Waals surface area contributed by atoms with Crippen LogP contribution in [0, 0.1) is 0 Å². The number of hydrogen-bond donors (Lipinski definition) is 0. The number of hydrogen-bond acceptors (Lipinski definition) is 0. The average molecular weight is 331 g/mol. The molecule has 0 aromatic heterocycles. The lowest BCUT2D eigenvalue weighted by Gasteiger charge is -2.06. The molecule has 0 spiro atoms. The Hall–Kier alpha value is -1.82. The van der Waals surface area contributed by atoms with Crippen LogP contribution in [-0.4, -0.2) is 0 Å². The monoisotopic (exact) mass is 330 g/mol. The Morgan fingerprint density at radius 2 is 1.17 bits per heavy atom. The Balaban J connectivity index is -0.000000480. The standard InChI is InChI=1S/C20H28.C2H6.2CH4/c1-9-11-20(13-16(5)6)18(8)14-19(10-2)17(7)12-15(3)4;1-2;;/h9-14H,1-2H2,3-8H3;1-2H3;2*1H4/b18-14+,19-17+,20-11+;;;. The molecule has 0 fully saturated rings. The van der Waals surface area contributed by atoms with Crippen LogP contribution in [0.15, 0.2) is 83.1 Å². The first-order valence-electron chi connectivity index (χ1n) is 7.96. The quantitative estimate of drug-likeness (QED) is 0.427. The maximum absolute atomic E-state index is 3.92. The molecular weight excluding hydrogens is 288 g/mol. The Morgan fingerprint density at radius 1 is 0.708 bits per heavy atom. The molecule has 0 aliphatic heterocycles. The van der Waals surface area contributed by atoms with Gasteiger partial charge in [0, 0.05) is 0 Å². The fourth-order valence-electron chi connectivity index (χ4n) is 1.90. The van der Waals surface area contributed by atoms with E-state index < -0.39 is 0 Å². The van der Waals surface area contributed by atoms with Gasteiger partial charge in [0.1, 0.15) is 0 Å². The van der Waals surface area contributed by atoms with Crippen molar-refractivity contribution in [3.8, 4) is 0 Å². The lowest BCUT2D eigenvalue weighted by Crippen LogP contribution is -1.87. The first-order chi connectivity index (χ1) is 10.3. The highest BCUT2D eigenvalue weighted by Gasteiger charge is 1.99. The molecule has 24 heavy (non-hydrogen) atoms. The topological polar surface area (TPSA) is 0 Å². The van der Waals surface area contributed by atoms with Crippen molar-refractivity contribution in [3.63, 3.8) is 0 Å². The lowest BCUT2D eigenvalue weighted by molar-refractivity contribution is 1.31. The highest BCUT2D eigenvalue weighted by Crippen LogP contribution is 2.19. The average Bonchev–Trinajstić information content (AvgIpc) is 2.44. The molecule has 0 rings (SSSR count). The van der Waals surface area contributed by atoms with Crippen molar-refractivity contribution in [1.29, 1.82) is 0 Å². The van der Waals surface area contributed by atoms with Crippen molar-refractivity contribution >= 4 is 0 Å². The van der Waals surface area contributed by atoms with E-state index in [0.717, 1.165) is 5.57 Å². The minimum Gasteiger partial charge on any atom is -0.0990 e. The van der Waals surface area contributed by atoms with Crippen LogP contribution in [-0.2, 0) is 0 Å². The molecule has 0 heteroatoms. The third-order valence-corrected chi connectivity index (χ3v) is 2.75. The first-order valence-corrected chi connectivity index (χ1v) is 7.96. The SMILES string of the molecule is C.C.C=C/C=C(C=C(C)C)/C(C)=C/C(C=C)=C(\C)C=C(C)C.CC. The van der Waals surface area contributed by atoms with Crippen LogP contribution in [0.4, 0.5) is 0 Å². The summed E-state index contributed by atoms with van der Waals surface area (Å²) in [5, 5.41) is 0. The second kappa shape index (κ2) is 17.5. The Morgan fingerprint density at radius 3 is 1.50 bits per heavy atom. The van der Waals surface area contributed by atoms with Crippen molar-refractivity contribution in [2.75, 3.05) is 0 Å². The smallest absolute Gasteiger partial charge is 0.0228 e. The van der Waals surface area contributed by atoms with Gasteiger partial charge in [-0.3, -0.25) is 0 Å². The first kappa shape index (κ1) is 30.1. The number of allylic oxidation sites excluding steroid dienone is 12. The van der Waals surface area contributed by atoms with Gasteiger partial charge in [0.2, 0.25) is 0 Å². The Bertz CT molecular complexity index is 506. The molecule has 0 amide bonds. The molecule has 0 unspecified atom stereocenters. The van der Waals surface area contributed by atoms with E-state index in [9.17, 15) is 0 Å². The van der Waals surface area contributed by atoms with E-state index in [1.807, 2.05) is 32.1 Å². The van der Waals surface area contributed by atoms with Crippen LogP contribution < -0.4 is 0 Å². The van der Waals surface area contributed by atoms with E-state index in [1.165, 1.54) is 27.9 Å². The molecule has 0 heterocycles. The summed E-state index contributed by atoms with van der Waals surface area (Å²) in [7, 11) is 0. The van der Waals surface area contributed by atoms with Gasteiger partial charge < -0.3 is 0 Å². The third kappa shape index (κ3) is 13.8. The van der Waals surface area contributed by atoms with Gasteiger partial charge in [-0.15, -0.1) is 0 Å². The summed E-state index contributed by atoms with van der Waals surface area (Å²) in [6.45, 7) is 24.4. The van der Waals surface area contributed by atoms with E-state index in [1.54, 1.807) is 0 Å². The summed E-state index contributed by atoms with van der Waals surface area (Å²) in [4.78, 5) is 0. The molecule has 0 bridgehead atoms. The van der Waals surface area contributed by atoms with Gasteiger partial charge in [-0.25, -0.2) is 0 Å². The van der Waals surface area contributed by atoms with Gasteiger partial charge in [0.25, 0.3) is 0 Å². The molecule has 0 aromatic carbocycles. The zero-order valence-corrected chi connectivity index (χ0v) is 15.9. The second-order valence-corrected chi connectivity index (χ2v) is 5.47. The summed E-state index contributed by atoms with van der Waals surface area (Å²) in [5.74, 6) is 0. The van der Waals surface area contributed by atoms with Gasteiger partial charge in [-0.2, -0.15) is 0 Å². The summed E-state index contributed by atoms with van der Waals surface area (Å²) in [5.41, 5.74) is 7.34. The third-order valence-electron chi connectivity index (χ3n) is 2.75. The molecule has 138 valence electrons. The molecule has 0 aliphatic rings. The van der Waals surface area contributed by atoms with Crippen LogP contribution >= 0.6 is 0 Å². The van der Waals surface area contributed by atoms with Gasteiger partial charge in [-0.1, -0.05) is 89.5 Å². The zero-order chi connectivity index (χ0) is 17.7. The van der Waals surface area contributed by atoms with E-state index in [2.05, 4.69) is 72.9 Å². The van der Waals surface area contributed by atoms with Crippen molar-refractivity contribution in [3.05, 3.63) is 83.1 Å². The van der Waals surface area contributed by atoms with E-state index in [0.29, 0.717) is 0 Å². The second-order valence-electron chi connectivity index (χ2n) is 5.47. The zero-order valence-electron chi connectivity index (χ0n) is 15.9. The number of rotatable bonds is 6. The summed E-state index contributed by atoms with van der Waals surface area (Å²) < 4.78 is 0. The van der Waals surface area contributed by atoms with Crippen LogP contribution in [0.5, 0.6) is 0 Å². The molecule has 0 N–H and O–H groups in total. The lowest BCUT2D eigenvalue weighted by atomic mass is 9.99. The molecule has 0 nitrogen and oxygen atoms in total. The summed E-state index contributed by atoms with van der Waals surface area (Å²) in [6, 6.07) is 0. The van der Waals surface area contributed by atoms with E-state index in [-0.39, 0.29) is 14.9 Å². The van der Waals surface area contributed by atoms with Crippen LogP contribution in [0.3, 0.4) is 0 Å². The van der Waals surface area contributed by atoms with Gasteiger partial charge in [0.15, 0.2) is 0 Å². The fourth-order valence-corrected chi connectivity index (χ4v) is 1.90. The van der Waals surface area contributed by atoms with Gasteiger partial charge in [0.05, 0.1) is 0 Å². The normalized spacial score (nSPS) is 11.3. The molecule has 0 aliphatic carbocycles. The van der Waals surface area contributed by atoms with Crippen molar-refractivity contribution in [2.45, 2.75) is 70.2 Å². The van der Waals surface area contributed by atoms with Crippen molar-refractivity contribution in [2.24, 2.45) is 0 Å². The van der Waals surface area contributed by atoms with E-state index in [4.69, 9.17) is 0 Å². The summed E-state index contributed by atoms with van der Waals surface area (Å²) >= 11 is 0. The maximum atomic E-state index is 3.92. The van der Waals surface area contributed by atoms with Gasteiger partial charge in [-0.05, 0) is 63.8 Å². The molecule has 0 aromatic rings. The molecule has 0 saturated heterocycles. The highest BCUT2D eigenvalue weighted by atomic mass is 14.0. The van der Waals surface area contributed by atoms with Crippen molar-refractivity contribution in [1.82, 2.24) is 0 Å². The predicted molar refractivity (Wildman–Crippen MR) is 119 cm³/mol. The van der Waals surface area contributed by atoms with Crippen molar-refractivity contribution < 1.29 is 0 Å². The van der Waals surface area contributed by atoms with Gasteiger partial charge >= 0.3 is 0 Å². The highest BCUT2D eigenvalue weighted by molar-refractivity contribution is 5.49. The predicted octanol–water partition coefficient (Wildman–Crippen LogP) is 8.78.